The van der Waals surface area contributed by atoms with Crippen LogP contribution in [0.15, 0.2) is 30.5 Å². The van der Waals surface area contributed by atoms with E-state index in [0.29, 0.717) is 30.4 Å². The van der Waals surface area contributed by atoms with Crippen molar-refractivity contribution in [3.63, 3.8) is 0 Å². The van der Waals surface area contributed by atoms with Crippen LogP contribution in [0.5, 0.6) is 5.88 Å². The Balaban J connectivity index is 1.92. The summed E-state index contributed by atoms with van der Waals surface area (Å²) in [6, 6.07) is 5.17. The molecule has 2 aromatic rings. The van der Waals surface area contributed by atoms with Gasteiger partial charge in [0.15, 0.2) is 0 Å². The molecule has 0 bridgehead atoms. The molecule has 1 heterocycles. The molecule has 0 radical (unpaired) electrons. The number of halogens is 2. The Kier molecular flexibility index (Phi) is 4.22. The van der Waals surface area contributed by atoms with Crippen molar-refractivity contribution in [2.24, 2.45) is 0 Å². The minimum Gasteiger partial charge on any atom is -0.481 e. The first kappa shape index (κ1) is 13.2. The van der Waals surface area contributed by atoms with Crippen molar-refractivity contribution in [3.8, 4) is 5.88 Å². The van der Waals surface area contributed by atoms with Crippen molar-refractivity contribution in [1.82, 2.24) is 9.97 Å². The van der Waals surface area contributed by atoms with Gasteiger partial charge in [0.1, 0.15) is 11.6 Å². The minimum absolute atomic E-state index is 0.405. The maximum Gasteiger partial charge on any atom is 0.225 e. The van der Waals surface area contributed by atoms with Crippen molar-refractivity contribution < 1.29 is 13.5 Å². The molecule has 1 aromatic carbocycles. The molecule has 19 heavy (non-hydrogen) atoms. The number of nitrogens with one attached hydrogen (secondary N) is 1. The second-order valence-corrected chi connectivity index (χ2v) is 3.84. The number of nitrogens with zero attached hydrogens (tertiary/aromatic N) is 2. The zero-order valence-electron chi connectivity index (χ0n) is 10.4. The highest BCUT2D eigenvalue weighted by atomic mass is 19.1. The van der Waals surface area contributed by atoms with E-state index in [9.17, 15) is 8.78 Å². The van der Waals surface area contributed by atoms with E-state index in [1.807, 2.05) is 0 Å². The topological polar surface area (TPSA) is 47.0 Å². The highest BCUT2D eigenvalue weighted by Crippen LogP contribution is 2.11. The lowest BCUT2D eigenvalue weighted by Gasteiger charge is -2.06. The van der Waals surface area contributed by atoms with E-state index in [4.69, 9.17) is 4.74 Å². The molecule has 100 valence electrons. The van der Waals surface area contributed by atoms with Crippen molar-refractivity contribution in [3.05, 3.63) is 47.7 Å². The van der Waals surface area contributed by atoms with Crippen LogP contribution >= 0.6 is 0 Å². The van der Waals surface area contributed by atoms with Crippen molar-refractivity contribution in [2.75, 3.05) is 19.0 Å². The molecule has 0 aliphatic heterocycles. The molecule has 1 aromatic heterocycles. The summed E-state index contributed by atoms with van der Waals surface area (Å²) >= 11 is 0. The fourth-order valence-corrected chi connectivity index (χ4v) is 1.57. The predicted molar refractivity (Wildman–Crippen MR) is 67.1 cm³/mol. The predicted octanol–water partition coefficient (Wildman–Crippen LogP) is 2.42. The normalized spacial score (nSPS) is 10.3. The highest BCUT2D eigenvalue weighted by Gasteiger charge is 2.04. The van der Waals surface area contributed by atoms with Crippen molar-refractivity contribution in [2.45, 2.75) is 6.42 Å². The van der Waals surface area contributed by atoms with Crippen LogP contribution in [0.3, 0.4) is 0 Å². The number of ether oxygens (including phenoxy) is 1. The van der Waals surface area contributed by atoms with Gasteiger partial charge in [-0.05, 0) is 18.1 Å². The minimum atomic E-state index is -0.578. The van der Waals surface area contributed by atoms with Crippen LogP contribution in [0.4, 0.5) is 14.7 Å². The molecule has 0 aliphatic carbocycles. The number of hydrogen-bond donors (Lipinski definition) is 1. The summed E-state index contributed by atoms with van der Waals surface area (Å²) < 4.78 is 31.1. The number of benzene rings is 1. The number of hydrogen-bond acceptors (Lipinski definition) is 4. The third kappa shape index (κ3) is 3.61. The number of anilines is 1. The molecule has 0 unspecified atom stereocenters. The molecule has 0 fully saturated rings. The first-order valence-corrected chi connectivity index (χ1v) is 5.74. The molecule has 0 saturated carbocycles. The van der Waals surface area contributed by atoms with Gasteiger partial charge in [0.2, 0.25) is 11.8 Å². The van der Waals surface area contributed by atoms with Gasteiger partial charge in [-0.2, -0.15) is 4.98 Å². The summed E-state index contributed by atoms with van der Waals surface area (Å²) in [4.78, 5) is 8.06. The van der Waals surface area contributed by atoms with Crippen molar-refractivity contribution in [1.29, 1.82) is 0 Å². The van der Waals surface area contributed by atoms with Gasteiger partial charge in [0, 0.05) is 24.9 Å². The summed E-state index contributed by atoms with van der Waals surface area (Å²) in [5, 5.41) is 2.95. The number of rotatable bonds is 5. The molecular weight excluding hydrogens is 252 g/mol. The van der Waals surface area contributed by atoms with Gasteiger partial charge in [0.25, 0.3) is 0 Å². The number of aromatic nitrogens is 2. The molecule has 0 aliphatic rings. The third-order valence-corrected chi connectivity index (χ3v) is 2.53. The molecule has 2 rings (SSSR count). The summed E-state index contributed by atoms with van der Waals surface area (Å²) in [5.41, 5.74) is 0.441. The third-order valence-electron chi connectivity index (χ3n) is 2.53. The molecule has 6 heteroatoms. The second kappa shape index (κ2) is 6.08. The van der Waals surface area contributed by atoms with E-state index in [-0.39, 0.29) is 0 Å². The SMILES string of the molecule is COc1ccnc(NCCc2ccc(F)cc2F)n1. The maximum absolute atomic E-state index is 13.4. The van der Waals surface area contributed by atoms with Crippen LogP contribution in [-0.2, 0) is 6.42 Å². The Morgan fingerprint density at radius 3 is 2.84 bits per heavy atom. The van der Waals surface area contributed by atoms with Crippen molar-refractivity contribution >= 4 is 5.95 Å². The van der Waals surface area contributed by atoms with Gasteiger partial charge < -0.3 is 10.1 Å². The van der Waals surface area contributed by atoms with Gasteiger partial charge in [0.05, 0.1) is 7.11 Å². The maximum atomic E-state index is 13.4. The fourth-order valence-electron chi connectivity index (χ4n) is 1.57. The summed E-state index contributed by atoms with van der Waals surface area (Å²) in [6.07, 6.45) is 1.97. The van der Waals surface area contributed by atoms with Gasteiger partial charge in [-0.3, -0.25) is 0 Å². The summed E-state index contributed by atoms with van der Waals surface area (Å²) in [7, 11) is 1.51. The Morgan fingerprint density at radius 2 is 2.11 bits per heavy atom. The second-order valence-electron chi connectivity index (χ2n) is 3.84. The molecule has 0 saturated heterocycles. The van der Waals surface area contributed by atoms with Gasteiger partial charge in [-0.1, -0.05) is 6.07 Å². The first-order chi connectivity index (χ1) is 9.19. The van der Waals surface area contributed by atoms with E-state index >= 15 is 0 Å². The standard InChI is InChI=1S/C13H13F2N3O/c1-19-12-5-7-17-13(18-12)16-6-4-9-2-3-10(14)8-11(9)15/h2-3,5,7-8H,4,6H2,1H3,(H,16,17,18). The summed E-state index contributed by atoms with van der Waals surface area (Å²) in [6.45, 7) is 0.440. The molecule has 1 N–H and O–H groups in total. The lowest BCUT2D eigenvalue weighted by atomic mass is 10.1. The van der Waals surface area contributed by atoms with E-state index < -0.39 is 11.6 Å². The van der Waals surface area contributed by atoms with Crippen LogP contribution in [0.25, 0.3) is 0 Å². The van der Waals surface area contributed by atoms with Gasteiger partial charge in [-0.25, -0.2) is 13.8 Å². The lowest BCUT2D eigenvalue weighted by molar-refractivity contribution is 0.397. The van der Waals surface area contributed by atoms with E-state index in [0.717, 1.165) is 6.07 Å². The Labute approximate surface area is 109 Å². The average Bonchev–Trinajstić information content (AvgIpc) is 2.41. The zero-order valence-corrected chi connectivity index (χ0v) is 10.4. The smallest absolute Gasteiger partial charge is 0.225 e. The van der Waals surface area contributed by atoms with Gasteiger partial charge in [-0.15, -0.1) is 0 Å². The van der Waals surface area contributed by atoms with E-state index in [1.165, 1.54) is 19.2 Å². The van der Waals surface area contributed by atoms with E-state index in [1.54, 1.807) is 12.3 Å². The van der Waals surface area contributed by atoms with Crippen LogP contribution < -0.4 is 10.1 Å². The van der Waals surface area contributed by atoms with Crippen LogP contribution in [0.1, 0.15) is 5.56 Å². The Hall–Kier alpha value is -2.24. The molecular formula is C13H13F2N3O. The molecule has 0 atom stereocenters. The lowest BCUT2D eigenvalue weighted by Crippen LogP contribution is -2.09. The number of methoxy groups -OCH3 is 1. The van der Waals surface area contributed by atoms with Crippen LogP contribution in [0, 0.1) is 11.6 Å². The van der Waals surface area contributed by atoms with Gasteiger partial charge >= 0.3 is 0 Å². The quantitative estimate of drug-likeness (QED) is 0.902. The van der Waals surface area contributed by atoms with E-state index in [2.05, 4.69) is 15.3 Å². The highest BCUT2D eigenvalue weighted by molar-refractivity contribution is 5.28. The van der Waals surface area contributed by atoms with Crippen LogP contribution in [0.2, 0.25) is 0 Å². The monoisotopic (exact) mass is 265 g/mol. The largest absolute Gasteiger partial charge is 0.481 e. The molecule has 0 amide bonds. The molecule has 0 spiro atoms. The Morgan fingerprint density at radius 1 is 1.26 bits per heavy atom. The zero-order chi connectivity index (χ0) is 13.7. The fraction of sp³-hybridized carbons (Fsp3) is 0.231. The van der Waals surface area contributed by atoms with Crippen LogP contribution in [-0.4, -0.2) is 23.6 Å². The molecule has 4 nitrogen and oxygen atoms in total. The average molecular weight is 265 g/mol. The first-order valence-electron chi connectivity index (χ1n) is 5.74. The summed E-state index contributed by atoms with van der Waals surface area (Å²) in [5.74, 6) is -0.272. The Bertz CT molecular complexity index is 563.